The second-order valence-corrected chi connectivity index (χ2v) is 5.42. The Morgan fingerprint density at radius 3 is 2.95 bits per heavy atom. The number of rotatable bonds is 5. The molecule has 1 fully saturated rings. The van der Waals surface area contributed by atoms with Crippen LogP contribution in [0.2, 0.25) is 0 Å². The Balaban J connectivity index is 1.95. The number of methoxy groups -OCH3 is 1. The van der Waals surface area contributed by atoms with Crippen LogP contribution in [0.1, 0.15) is 29.2 Å². The van der Waals surface area contributed by atoms with Crippen LogP contribution in [0.15, 0.2) is 28.3 Å². The minimum atomic E-state index is -0.986. The van der Waals surface area contributed by atoms with E-state index in [0.29, 0.717) is 21.8 Å². The standard InChI is InChI=1S/C12H12N4O3S/c1-19-8-4-5-9(11(17)18)10(6-8)20-12-13-14-15-16(12)7-2-3-7/h4-7H,2-3H2,1H3,(H,17,18). The van der Waals surface area contributed by atoms with Gasteiger partial charge in [0.1, 0.15) is 5.75 Å². The molecule has 2 aromatic rings. The molecule has 0 saturated heterocycles. The molecule has 1 heterocycles. The normalized spacial score (nSPS) is 14.2. The Morgan fingerprint density at radius 1 is 1.50 bits per heavy atom. The van der Waals surface area contributed by atoms with Crippen molar-refractivity contribution in [1.29, 1.82) is 0 Å². The van der Waals surface area contributed by atoms with Crippen LogP contribution in [0.25, 0.3) is 0 Å². The summed E-state index contributed by atoms with van der Waals surface area (Å²) in [7, 11) is 1.54. The maximum atomic E-state index is 11.3. The summed E-state index contributed by atoms with van der Waals surface area (Å²) >= 11 is 1.24. The summed E-state index contributed by atoms with van der Waals surface area (Å²) in [5.41, 5.74) is 0.209. The molecule has 1 aliphatic carbocycles. The Hall–Kier alpha value is -2.09. The Morgan fingerprint density at radius 2 is 2.30 bits per heavy atom. The van der Waals surface area contributed by atoms with E-state index in [-0.39, 0.29) is 5.56 Å². The Labute approximate surface area is 118 Å². The molecule has 1 aromatic heterocycles. The predicted octanol–water partition coefficient (Wildman–Crippen LogP) is 1.87. The quantitative estimate of drug-likeness (QED) is 0.899. The van der Waals surface area contributed by atoms with Gasteiger partial charge in [-0.3, -0.25) is 0 Å². The number of carbonyl (C=O) groups is 1. The number of tetrazole rings is 1. The van der Waals surface area contributed by atoms with Crippen LogP contribution in [0, 0.1) is 0 Å². The van der Waals surface area contributed by atoms with Gasteiger partial charge in [-0.05, 0) is 53.2 Å². The number of carboxylic acid groups (broad SMARTS) is 1. The van der Waals surface area contributed by atoms with Gasteiger partial charge < -0.3 is 9.84 Å². The van der Waals surface area contributed by atoms with Crippen molar-refractivity contribution >= 4 is 17.7 Å². The molecule has 0 atom stereocenters. The molecule has 0 aliphatic heterocycles. The van der Waals surface area contributed by atoms with E-state index in [1.807, 2.05) is 0 Å². The minimum absolute atomic E-state index is 0.209. The van der Waals surface area contributed by atoms with E-state index >= 15 is 0 Å². The van der Waals surface area contributed by atoms with Crippen LogP contribution < -0.4 is 4.74 Å². The number of aromatic carboxylic acids is 1. The van der Waals surface area contributed by atoms with Crippen molar-refractivity contribution in [1.82, 2.24) is 20.2 Å². The van der Waals surface area contributed by atoms with Crippen LogP contribution in [0.4, 0.5) is 0 Å². The average molecular weight is 292 g/mol. The smallest absolute Gasteiger partial charge is 0.336 e. The zero-order valence-corrected chi connectivity index (χ0v) is 11.5. The highest BCUT2D eigenvalue weighted by atomic mass is 32.2. The second-order valence-electron chi connectivity index (χ2n) is 4.41. The summed E-state index contributed by atoms with van der Waals surface area (Å²) in [6.07, 6.45) is 2.12. The van der Waals surface area contributed by atoms with E-state index in [1.54, 1.807) is 23.9 Å². The molecule has 7 nitrogen and oxygen atoms in total. The summed E-state index contributed by atoms with van der Waals surface area (Å²) in [5.74, 6) is -0.386. The predicted molar refractivity (Wildman–Crippen MR) is 70.2 cm³/mol. The van der Waals surface area contributed by atoms with Crippen molar-refractivity contribution in [3.63, 3.8) is 0 Å². The van der Waals surface area contributed by atoms with Crippen molar-refractivity contribution in [3.05, 3.63) is 23.8 Å². The molecule has 3 rings (SSSR count). The molecule has 0 spiro atoms. The van der Waals surface area contributed by atoms with Crippen LogP contribution >= 0.6 is 11.8 Å². The molecule has 0 amide bonds. The van der Waals surface area contributed by atoms with Crippen molar-refractivity contribution in [2.24, 2.45) is 0 Å². The SMILES string of the molecule is COc1ccc(C(=O)O)c(Sc2nnnn2C2CC2)c1. The van der Waals surface area contributed by atoms with Gasteiger partial charge >= 0.3 is 5.97 Å². The minimum Gasteiger partial charge on any atom is -0.497 e. The Kier molecular flexibility index (Phi) is 3.31. The Bertz CT molecular complexity index is 654. The third-order valence-corrected chi connectivity index (χ3v) is 3.98. The summed E-state index contributed by atoms with van der Waals surface area (Å²) in [5, 5.41) is 21.4. The van der Waals surface area contributed by atoms with Crippen molar-refractivity contribution in [2.45, 2.75) is 28.9 Å². The number of nitrogens with zero attached hydrogens (tertiary/aromatic N) is 4. The molecular formula is C12H12N4O3S. The molecule has 8 heteroatoms. The summed E-state index contributed by atoms with van der Waals surface area (Å²) in [6.45, 7) is 0. The summed E-state index contributed by atoms with van der Waals surface area (Å²) in [6, 6.07) is 5.16. The fourth-order valence-corrected chi connectivity index (χ4v) is 2.78. The highest BCUT2D eigenvalue weighted by Gasteiger charge is 2.28. The van der Waals surface area contributed by atoms with Gasteiger partial charge in [0.25, 0.3) is 0 Å². The van der Waals surface area contributed by atoms with Gasteiger partial charge in [0.15, 0.2) is 0 Å². The van der Waals surface area contributed by atoms with Crippen LogP contribution in [-0.2, 0) is 0 Å². The first-order chi connectivity index (χ1) is 9.69. The average Bonchev–Trinajstić information content (AvgIpc) is 3.19. The largest absolute Gasteiger partial charge is 0.497 e. The fourth-order valence-electron chi connectivity index (χ4n) is 1.79. The lowest BCUT2D eigenvalue weighted by atomic mass is 10.2. The third kappa shape index (κ3) is 2.46. The first-order valence-electron chi connectivity index (χ1n) is 6.06. The molecule has 0 bridgehead atoms. The van der Waals surface area contributed by atoms with Crippen LogP contribution in [0.5, 0.6) is 5.75 Å². The van der Waals surface area contributed by atoms with Crippen molar-refractivity contribution in [3.8, 4) is 5.75 Å². The van der Waals surface area contributed by atoms with Gasteiger partial charge in [-0.25, -0.2) is 9.48 Å². The first-order valence-corrected chi connectivity index (χ1v) is 6.87. The van der Waals surface area contributed by atoms with Gasteiger partial charge in [0.2, 0.25) is 5.16 Å². The monoisotopic (exact) mass is 292 g/mol. The fraction of sp³-hybridized carbons (Fsp3) is 0.333. The van der Waals surface area contributed by atoms with E-state index in [4.69, 9.17) is 4.74 Å². The zero-order chi connectivity index (χ0) is 14.1. The molecule has 1 saturated carbocycles. The lowest BCUT2D eigenvalue weighted by molar-refractivity contribution is 0.0693. The maximum Gasteiger partial charge on any atom is 0.336 e. The van der Waals surface area contributed by atoms with Crippen LogP contribution in [0.3, 0.4) is 0 Å². The number of hydrogen-bond acceptors (Lipinski definition) is 6. The topological polar surface area (TPSA) is 90.1 Å². The number of benzene rings is 1. The van der Waals surface area contributed by atoms with E-state index in [1.165, 1.54) is 17.8 Å². The van der Waals surface area contributed by atoms with Crippen molar-refractivity contribution in [2.75, 3.05) is 7.11 Å². The molecule has 104 valence electrons. The lowest BCUT2D eigenvalue weighted by Crippen LogP contribution is -2.02. The number of ether oxygens (including phenoxy) is 1. The lowest BCUT2D eigenvalue weighted by Gasteiger charge is -2.08. The van der Waals surface area contributed by atoms with E-state index in [0.717, 1.165) is 12.8 Å². The van der Waals surface area contributed by atoms with Crippen molar-refractivity contribution < 1.29 is 14.6 Å². The third-order valence-electron chi connectivity index (χ3n) is 2.98. The second kappa shape index (κ2) is 5.12. The maximum absolute atomic E-state index is 11.3. The molecular weight excluding hydrogens is 280 g/mol. The number of carboxylic acids is 1. The zero-order valence-electron chi connectivity index (χ0n) is 10.7. The van der Waals surface area contributed by atoms with Crippen LogP contribution in [-0.4, -0.2) is 38.4 Å². The molecule has 20 heavy (non-hydrogen) atoms. The highest BCUT2D eigenvalue weighted by Crippen LogP contribution is 2.39. The molecule has 0 radical (unpaired) electrons. The molecule has 1 aromatic carbocycles. The number of aromatic nitrogens is 4. The summed E-state index contributed by atoms with van der Waals surface area (Å²) in [4.78, 5) is 11.8. The van der Waals surface area contributed by atoms with E-state index < -0.39 is 5.97 Å². The van der Waals surface area contributed by atoms with Gasteiger partial charge in [-0.2, -0.15) is 0 Å². The van der Waals surface area contributed by atoms with E-state index in [9.17, 15) is 9.90 Å². The highest BCUT2D eigenvalue weighted by molar-refractivity contribution is 7.99. The van der Waals surface area contributed by atoms with E-state index in [2.05, 4.69) is 15.5 Å². The van der Waals surface area contributed by atoms with Gasteiger partial charge in [-0.1, -0.05) is 0 Å². The molecule has 1 aliphatic rings. The first kappa shape index (κ1) is 12.9. The molecule has 1 N–H and O–H groups in total. The number of hydrogen-bond donors (Lipinski definition) is 1. The van der Waals surface area contributed by atoms with Gasteiger partial charge in [0, 0.05) is 4.90 Å². The van der Waals surface area contributed by atoms with Gasteiger partial charge in [-0.15, -0.1) is 5.10 Å². The summed E-state index contributed by atoms with van der Waals surface area (Å²) < 4.78 is 6.88. The molecule has 0 unspecified atom stereocenters. The van der Waals surface area contributed by atoms with Gasteiger partial charge in [0.05, 0.1) is 18.7 Å².